The second-order valence-electron chi connectivity index (χ2n) is 6.96. The fourth-order valence-corrected chi connectivity index (χ4v) is 4.04. The molecular weight excluding hydrogens is 504 g/mol. The zero-order valence-electron chi connectivity index (χ0n) is 17.2. The van der Waals surface area contributed by atoms with Crippen LogP contribution in [0, 0.1) is 10.1 Å². The van der Waals surface area contributed by atoms with Crippen molar-refractivity contribution < 1.29 is 23.0 Å². The SMILES string of the molecule is Nc1nc(Cl)nc(-c2ccc(N=Nc3c(O)cc(S(=O)(=O)O)c4cc([N+](=O)[O-])ccc34)c(N)c2)n1. The highest BCUT2D eigenvalue weighted by atomic mass is 35.5. The van der Waals surface area contributed by atoms with Crippen molar-refractivity contribution in [3.05, 3.63) is 57.9 Å². The van der Waals surface area contributed by atoms with Gasteiger partial charge in [0.05, 0.1) is 10.6 Å². The number of aromatic hydroxyl groups is 1. The third-order valence-corrected chi connectivity index (χ3v) is 5.75. The zero-order chi connectivity index (χ0) is 25.5. The van der Waals surface area contributed by atoms with Gasteiger partial charge >= 0.3 is 0 Å². The molecule has 0 radical (unpaired) electrons. The summed E-state index contributed by atoms with van der Waals surface area (Å²) in [7, 11) is -4.83. The molecule has 0 saturated carbocycles. The Hall–Kier alpha value is -4.47. The van der Waals surface area contributed by atoms with E-state index < -0.39 is 31.4 Å². The first-order valence-corrected chi connectivity index (χ1v) is 11.2. The van der Waals surface area contributed by atoms with Crippen molar-refractivity contribution in [1.82, 2.24) is 15.0 Å². The molecule has 178 valence electrons. The smallest absolute Gasteiger partial charge is 0.295 e. The average molecular weight is 517 g/mol. The number of nitro groups is 1. The Kier molecular flexibility index (Phi) is 5.89. The first-order valence-electron chi connectivity index (χ1n) is 9.34. The Morgan fingerprint density at radius 1 is 1.00 bits per heavy atom. The van der Waals surface area contributed by atoms with Gasteiger partial charge in [-0.2, -0.15) is 23.4 Å². The predicted molar refractivity (Wildman–Crippen MR) is 125 cm³/mol. The van der Waals surface area contributed by atoms with Gasteiger partial charge in [0.25, 0.3) is 15.8 Å². The van der Waals surface area contributed by atoms with Gasteiger partial charge in [-0.05, 0) is 35.9 Å². The number of fused-ring (bicyclic) bond motifs is 1. The van der Waals surface area contributed by atoms with E-state index in [4.69, 9.17) is 23.1 Å². The van der Waals surface area contributed by atoms with Gasteiger partial charge in [-0.25, -0.2) is 0 Å². The fraction of sp³-hybridized carbons (Fsp3) is 0. The maximum atomic E-state index is 11.8. The lowest BCUT2D eigenvalue weighted by atomic mass is 10.1. The largest absolute Gasteiger partial charge is 0.506 e. The van der Waals surface area contributed by atoms with E-state index in [0.717, 1.165) is 18.2 Å². The molecule has 0 spiro atoms. The molecule has 1 heterocycles. The van der Waals surface area contributed by atoms with Gasteiger partial charge in [-0.3, -0.25) is 14.7 Å². The van der Waals surface area contributed by atoms with E-state index in [-0.39, 0.29) is 44.9 Å². The molecule has 0 aliphatic heterocycles. The van der Waals surface area contributed by atoms with Crippen molar-refractivity contribution in [2.75, 3.05) is 11.5 Å². The van der Waals surface area contributed by atoms with Crippen molar-refractivity contribution in [3.63, 3.8) is 0 Å². The molecule has 3 aromatic carbocycles. The van der Waals surface area contributed by atoms with E-state index in [0.29, 0.717) is 5.56 Å². The van der Waals surface area contributed by atoms with Gasteiger partial charge in [0.1, 0.15) is 22.0 Å². The number of halogens is 1. The van der Waals surface area contributed by atoms with E-state index >= 15 is 0 Å². The highest BCUT2D eigenvalue weighted by Crippen LogP contribution is 2.41. The molecule has 0 aliphatic rings. The number of azo groups is 1. The van der Waals surface area contributed by atoms with E-state index in [1.165, 1.54) is 18.2 Å². The lowest BCUT2D eigenvalue weighted by Gasteiger charge is -2.09. The average Bonchev–Trinajstić information content (AvgIpc) is 2.77. The normalized spacial score (nSPS) is 11.8. The number of rotatable bonds is 5. The minimum Gasteiger partial charge on any atom is -0.506 e. The van der Waals surface area contributed by atoms with Crippen LogP contribution in [0.2, 0.25) is 5.28 Å². The summed E-state index contributed by atoms with van der Waals surface area (Å²) in [6.45, 7) is 0. The Morgan fingerprint density at radius 3 is 2.37 bits per heavy atom. The summed E-state index contributed by atoms with van der Waals surface area (Å²) in [4.78, 5) is 21.3. The van der Waals surface area contributed by atoms with Gasteiger partial charge in [0.15, 0.2) is 5.82 Å². The van der Waals surface area contributed by atoms with Gasteiger partial charge in [0.2, 0.25) is 11.2 Å². The molecule has 1 aromatic heterocycles. The number of nitrogens with zero attached hydrogens (tertiary/aromatic N) is 6. The van der Waals surface area contributed by atoms with E-state index in [1.54, 1.807) is 6.07 Å². The summed E-state index contributed by atoms with van der Waals surface area (Å²) in [5.74, 6) is -0.560. The number of aromatic nitrogens is 3. The Labute approximate surface area is 200 Å². The van der Waals surface area contributed by atoms with Crippen LogP contribution in [0.4, 0.5) is 28.7 Å². The second kappa shape index (κ2) is 8.71. The lowest BCUT2D eigenvalue weighted by molar-refractivity contribution is -0.384. The van der Waals surface area contributed by atoms with E-state index in [1.807, 2.05) is 0 Å². The molecule has 0 saturated heterocycles. The maximum absolute atomic E-state index is 11.8. The number of phenolic OH excluding ortho intramolecular Hbond substituents is 1. The van der Waals surface area contributed by atoms with Crippen molar-refractivity contribution in [2.24, 2.45) is 10.2 Å². The van der Waals surface area contributed by atoms with Crippen molar-refractivity contribution in [3.8, 4) is 17.1 Å². The van der Waals surface area contributed by atoms with Gasteiger partial charge in [-0.15, -0.1) is 10.2 Å². The van der Waals surface area contributed by atoms with Crippen LogP contribution in [0.1, 0.15) is 0 Å². The van der Waals surface area contributed by atoms with Gasteiger partial charge < -0.3 is 16.6 Å². The Morgan fingerprint density at radius 2 is 1.74 bits per heavy atom. The molecule has 4 rings (SSSR count). The zero-order valence-corrected chi connectivity index (χ0v) is 18.8. The summed E-state index contributed by atoms with van der Waals surface area (Å²) in [5.41, 5.74) is 11.7. The Balaban J connectivity index is 1.81. The fourth-order valence-electron chi connectivity index (χ4n) is 3.17. The second-order valence-corrected chi connectivity index (χ2v) is 8.69. The molecular formula is C19H13ClN8O6S. The number of nitrogens with two attached hydrogens (primary N) is 2. The summed E-state index contributed by atoms with van der Waals surface area (Å²) in [6.07, 6.45) is 0. The van der Waals surface area contributed by atoms with E-state index in [9.17, 15) is 28.2 Å². The van der Waals surface area contributed by atoms with Crippen LogP contribution in [-0.4, -0.2) is 38.0 Å². The molecule has 0 aliphatic carbocycles. The van der Waals surface area contributed by atoms with Crippen LogP contribution in [0.3, 0.4) is 0 Å². The van der Waals surface area contributed by atoms with Gasteiger partial charge in [-0.1, -0.05) is 0 Å². The minimum absolute atomic E-state index is 0.0162. The number of anilines is 2. The van der Waals surface area contributed by atoms with Crippen LogP contribution >= 0.6 is 11.6 Å². The molecule has 0 fully saturated rings. The molecule has 16 heteroatoms. The van der Waals surface area contributed by atoms with Gasteiger partial charge in [0, 0.05) is 34.5 Å². The molecule has 4 aromatic rings. The van der Waals surface area contributed by atoms with Crippen LogP contribution in [0.15, 0.2) is 57.6 Å². The third-order valence-electron chi connectivity index (χ3n) is 4.69. The molecule has 6 N–H and O–H groups in total. The quantitative estimate of drug-likeness (QED) is 0.0978. The van der Waals surface area contributed by atoms with Crippen molar-refractivity contribution >= 4 is 61.2 Å². The highest BCUT2D eigenvalue weighted by molar-refractivity contribution is 7.86. The summed E-state index contributed by atoms with van der Waals surface area (Å²) in [5, 5.41) is 29.1. The van der Waals surface area contributed by atoms with E-state index in [2.05, 4.69) is 25.2 Å². The summed E-state index contributed by atoms with van der Waals surface area (Å²) < 4.78 is 33.1. The van der Waals surface area contributed by atoms with Crippen molar-refractivity contribution in [1.29, 1.82) is 0 Å². The number of non-ortho nitro benzene ring substituents is 1. The monoisotopic (exact) mass is 516 g/mol. The highest BCUT2D eigenvalue weighted by Gasteiger charge is 2.22. The molecule has 0 bridgehead atoms. The first kappa shape index (κ1) is 23.7. The molecule has 0 unspecified atom stereocenters. The number of hydrogen-bond donors (Lipinski definition) is 4. The Bertz CT molecular complexity index is 1640. The maximum Gasteiger partial charge on any atom is 0.295 e. The number of benzene rings is 3. The summed E-state index contributed by atoms with van der Waals surface area (Å²) in [6, 6.07) is 8.42. The third kappa shape index (κ3) is 4.77. The number of nitrogen functional groups attached to an aromatic ring is 2. The first-order chi connectivity index (χ1) is 16.4. The molecule has 14 nitrogen and oxygen atoms in total. The molecule has 0 amide bonds. The predicted octanol–water partition coefficient (Wildman–Crippen LogP) is 3.79. The van der Waals surface area contributed by atoms with Crippen LogP contribution in [0.25, 0.3) is 22.2 Å². The van der Waals surface area contributed by atoms with Crippen LogP contribution in [0.5, 0.6) is 5.75 Å². The lowest BCUT2D eigenvalue weighted by Crippen LogP contribution is -2.00. The van der Waals surface area contributed by atoms with Crippen LogP contribution < -0.4 is 11.5 Å². The topological polar surface area (TPSA) is 233 Å². The van der Waals surface area contributed by atoms with Crippen LogP contribution in [-0.2, 0) is 10.1 Å². The molecule has 0 atom stereocenters. The minimum atomic E-state index is -4.83. The summed E-state index contributed by atoms with van der Waals surface area (Å²) >= 11 is 5.80. The number of nitro benzene ring substituents is 1. The number of hydrogen-bond acceptors (Lipinski definition) is 12. The van der Waals surface area contributed by atoms with Crippen molar-refractivity contribution in [2.45, 2.75) is 4.90 Å². The molecule has 35 heavy (non-hydrogen) atoms. The standard InChI is InChI=1S/C19H13ClN8O6S/c20-18-23-17(24-19(22)25-18)8-1-4-13(12(21)5-8)26-27-16-10-3-2-9(28(30)31)6-11(10)15(7-14(16)29)35(32,33)34/h1-7,29H,21H2,(H,32,33,34)(H2,22,23,24,25). The number of phenols is 1.